The number of para-hydroxylation sites is 2. The molecule has 1 aromatic heterocycles. The van der Waals surface area contributed by atoms with Crippen molar-refractivity contribution in [2.45, 2.75) is 19.0 Å². The number of methoxy groups -OCH3 is 1. The molecule has 2 heterocycles. The Hall–Kier alpha value is -1.04. The van der Waals surface area contributed by atoms with Gasteiger partial charge in [0.2, 0.25) is 0 Å². The second kappa shape index (κ2) is 6.61. The maximum atomic E-state index is 5.24. The molecule has 0 saturated carbocycles. The predicted molar refractivity (Wildman–Crippen MR) is 84.4 cm³/mol. The highest BCUT2D eigenvalue weighted by Gasteiger charge is 2.18. The zero-order valence-corrected chi connectivity index (χ0v) is 12.7. The number of fused-ring (bicyclic) bond motifs is 1. The molecule has 0 spiro atoms. The Morgan fingerprint density at radius 1 is 1.45 bits per heavy atom. The summed E-state index contributed by atoms with van der Waals surface area (Å²) in [6.45, 7) is 2.69. The number of imidazole rings is 1. The Morgan fingerprint density at radius 3 is 3.15 bits per heavy atom. The molecule has 4 nitrogen and oxygen atoms in total. The van der Waals surface area contributed by atoms with Gasteiger partial charge in [0, 0.05) is 44.2 Å². The molecular formula is C15H21N3OS. The lowest BCUT2D eigenvalue weighted by Crippen LogP contribution is -2.39. The van der Waals surface area contributed by atoms with Gasteiger partial charge in [-0.05, 0) is 12.1 Å². The summed E-state index contributed by atoms with van der Waals surface area (Å²) in [7, 11) is 1.75. The van der Waals surface area contributed by atoms with Gasteiger partial charge < -0.3 is 14.6 Å². The molecule has 0 radical (unpaired) electrons. The van der Waals surface area contributed by atoms with Gasteiger partial charge >= 0.3 is 0 Å². The summed E-state index contributed by atoms with van der Waals surface area (Å²) < 4.78 is 7.55. The Kier molecular flexibility index (Phi) is 4.60. The van der Waals surface area contributed by atoms with E-state index >= 15 is 0 Å². The van der Waals surface area contributed by atoms with E-state index in [1.807, 2.05) is 11.8 Å². The van der Waals surface area contributed by atoms with Crippen LogP contribution in [0, 0.1) is 0 Å². The van der Waals surface area contributed by atoms with E-state index in [1.165, 1.54) is 22.8 Å². The van der Waals surface area contributed by atoms with Crippen LogP contribution in [0.15, 0.2) is 24.3 Å². The molecule has 1 aromatic carbocycles. The van der Waals surface area contributed by atoms with Crippen molar-refractivity contribution < 1.29 is 4.74 Å². The summed E-state index contributed by atoms with van der Waals surface area (Å²) >= 11 is 2.03. The minimum Gasteiger partial charge on any atom is -0.383 e. The summed E-state index contributed by atoms with van der Waals surface area (Å²) in [5, 5.41) is 3.59. The van der Waals surface area contributed by atoms with E-state index in [0.717, 1.165) is 31.6 Å². The second-order valence-electron chi connectivity index (χ2n) is 5.09. The van der Waals surface area contributed by atoms with Crippen molar-refractivity contribution >= 4 is 22.8 Å². The summed E-state index contributed by atoms with van der Waals surface area (Å²) in [5.41, 5.74) is 2.30. The Morgan fingerprint density at radius 2 is 2.35 bits per heavy atom. The fraction of sp³-hybridized carbons (Fsp3) is 0.533. The van der Waals surface area contributed by atoms with Gasteiger partial charge in [0.05, 0.1) is 17.6 Å². The van der Waals surface area contributed by atoms with E-state index < -0.39 is 0 Å². The lowest BCUT2D eigenvalue weighted by Gasteiger charge is -2.23. The molecule has 0 bridgehead atoms. The maximum absolute atomic E-state index is 5.24. The smallest absolute Gasteiger partial charge is 0.111 e. The fourth-order valence-electron chi connectivity index (χ4n) is 2.68. The van der Waals surface area contributed by atoms with Gasteiger partial charge in [-0.15, -0.1) is 0 Å². The number of nitrogens with zero attached hydrogens (tertiary/aromatic N) is 2. The van der Waals surface area contributed by atoms with Gasteiger partial charge in [0.1, 0.15) is 5.82 Å². The van der Waals surface area contributed by atoms with Gasteiger partial charge in [-0.2, -0.15) is 11.8 Å². The van der Waals surface area contributed by atoms with E-state index in [2.05, 4.69) is 34.1 Å². The van der Waals surface area contributed by atoms with Gasteiger partial charge in [-0.3, -0.25) is 0 Å². The van der Waals surface area contributed by atoms with Crippen LogP contribution in [0.1, 0.15) is 5.82 Å². The summed E-state index contributed by atoms with van der Waals surface area (Å²) in [4.78, 5) is 4.82. The first-order valence-corrected chi connectivity index (χ1v) is 8.28. The summed E-state index contributed by atoms with van der Waals surface area (Å²) in [5.74, 6) is 3.56. The van der Waals surface area contributed by atoms with Crippen LogP contribution in [0.3, 0.4) is 0 Å². The number of benzene rings is 1. The molecule has 2 aromatic rings. The molecule has 1 aliphatic rings. The van der Waals surface area contributed by atoms with Gasteiger partial charge in [-0.25, -0.2) is 4.98 Å². The second-order valence-corrected chi connectivity index (χ2v) is 6.24. The minimum absolute atomic E-state index is 0.534. The zero-order chi connectivity index (χ0) is 13.8. The van der Waals surface area contributed by atoms with Crippen molar-refractivity contribution in [2.24, 2.45) is 0 Å². The molecular weight excluding hydrogens is 270 g/mol. The molecule has 1 saturated heterocycles. The summed E-state index contributed by atoms with van der Waals surface area (Å²) in [6, 6.07) is 8.89. The van der Waals surface area contributed by atoms with Crippen LogP contribution in [0.2, 0.25) is 0 Å². The third-order valence-corrected chi connectivity index (χ3v) is 4.81. The number of hydrogen-bond donors (Lipinski definition) is 1. The predicted octanol–water partition coefficient (Wildman–Crippen LogP) is 1.93. The molecule has 20 heavy (non-hydrogen) atoms. The monoisotopic (exact) mass is 291 g/mol. The van der Waals surface area contributed by atoms with Crippen molar-refractivity contribution in [3.63, 3.8) is 0 Å². The van der Waals surface area contributed by atoms with Crippen LogP contribution in [-0.2, 0) is 17.7 Å². The van der Waals surface area contributed by atoms with Crippen LogP contribution < -0.4 is 5.32 Å². The molecule has 3 rings (SSSR count). The molecule has 0 amide bonds. The third kappa shape index (κ3) is 3.00. The van der Waals surface area contributed by atoms with Crippen LogP contribution >= 0.6 is 11.8 Å². The highest BCUT2D eigenvalue weighted by atomic mass is 32.2. The van der Waals surface area contributed by atoms with Crippen molar-refractivity contribution in [1.29, 1.82) is 0 Å². The van der Waals surface area contributed by atoms with Crippen LogP contribution in [0.25, 0.3) is 11.0 Å². The SMILES string of the molecule is COCCn1c(CC2CSCCN2)nc2ccccc21. The molecule has 1 fully saturated rings. The lowest BCUT2D eigenvalue weighted by atomic mass is 10.2. The molecule has 1 N–H and O–H groups in total. The first-order chi connectivity index (χ1) is 9.88. The lowest BCUT2D eigenvalue weighted by molar-refractivity contribution is 0.187. The largest absolute Gasteiger partial charge is 0.383 e. The Bertz CT molecular complexity index is 563. The van der Waals surface area contributed by atoms with Crippen molar-refractivity contribution in [1.82, 2.24) is 14.9 Å². The normalized spacial score (nSPS) is 19.6. The first-order valence-electron chi connectivity index (χ1n) is 7.12. The van der Waals surface area contributed by atoms with E-state index in [0.29, 0.717) is 6.04 Å². The summed E-state index contributed by atoms with van der Waals surface area (Å²) in [6.07, 6.45) is 0.991. The molecule has 5 heteroatoms. The molecule has 1 atom stereocenters. The van der Waals surface area contributed by atoms with Gasteiger partial charge in [0.25, 0.3) is 0 Å². The number of aromatic nitrogens is 2. The van der Waals surface area contributed by atoms with Crippen molar-refractivity contribution in [2.75, 3.05) is 31.8 Å². The quantitative estimate of drug-likeness (QED) is 0.913. The third-order valence-electron chi connectivity index (χ3n) is 3.68. The van der Waals surface area contributed by atoms with Crippen LogP contribution in [0.5, 0.6) is 0 Å². The average molecular weight is 291 g/mol. The molecule has 0 aliphatic carbocycles. The first kappa shape index (κ1) is 13.9. The van der Waals surface area contributed by atoms with E-state index in [4.69, 9.17) is 9.72 Å². The van der Waals surface area contributed by atoms with Gasteiger partial charge in [-0.1, -0.05) is 12.1 Å². The van der Waals surface area contributed by atoms with Gasteiger partial charge in [0.15, 0.2) is 0 Å². The highest BCUT2D eigenvalue weighted by molar-refractivity contribution is 7.99. The number of rotatable bonds is 5. The minimum atomic E-state index is 0.534. The molecule has 1 aliphatic heterocycles. The fourth-order valence-corrected chi connectivity index (χ4v) is 3.63. The number of ether oxygens (including phenoxy) is 1. The van der Waals surface area contributed by atoms with Crippen LogP contribution in [0.4, 0.5) is 0 Å². The number of thioether (sulfide) groups is 1. The number of nitrogens with one attached hydrogen (secondary N) is 1. The molecule has 1 unspecified atom stereocenters. The van der Waals surface area contributed by atoms with E-state index in [9.17, 15) is 0 Å². The standard InChI is InChI=1S/C15H21N3OS/c1-19-8-7-18-14-5-3-2-4-13(14)17-15(18)10-12-11-20-9-6-16-12/h2-5,12,16H,6-11H2,1H3. The van der Waals surface area contributed by atoms with Crippen molar-refractivity contribution in [3.05, 3.63) is 30.1 Å². The highest BCUT2D eigenvalue weighted by Crippen LogP contribution is 2.19. The van der Waals surface area contributed by atoms with Crippen LogP contribution in [-0.4, -0.2) is 47.4 Å². The van der Waals surface area contributed by atoms with E-state index in [1.54, 1.807) is 7.11 Å². The van der Waals surface area contributed by atoms with Crippen molar-refractivity contribution in [3.8, 4) is 0 Å². The maximum Gasteiger partial charge on any atom is 0.111 e. The zero-order valence-electron chi connectivity index (χ0n) is 11.8. The Balaban J connectivity index is 1.87. The van der Waals surface area contributed by atoms with E-state index in [-0.39, 0.29) is 0 Å². The topological polar surface area (TPSA) is 39.1 Å². The average Bonchev–Trinajstić information content (AvgIpc) is 2.83. The molecule has 108 valence electrons. The Labute approximate surface area is 123 Å². The number of hydrogen-bond acceptors (Lipinski definition) is 4.